The fraction of sp³-hybridized carbons (Fsp3) is 0.0286. The number of anilines is 3. The molecule has 12 aromatic rings. The van der Waals surface area contributed by atoms with Crippen LogP contribution in [0, 0.1) is 0 Å². The normalized spacial score (nSPS) is 14.2. The first kappa shape index (κ1) is 39.6. The summed E-state index contributed by atoms with van der Waals surface area (Å²) in [6.07, 6.45) is 0. The van der Waals surface area contributed by atoms with E-state index in [-0.39, 0.29) is 0 Å². The van der Waals surface area contributed by atoms with Crippen molar-refractivity contribution in [2.45, 2.75) is 10.8 Å². The smallest absolute Gasteiger partial charge is 0.140 e. The first-order valence-corrected chi connectivity index (χ1v) is 25.1. The van der Waals surface area contributed by atoms with Crippen LogP contribution in [-0.2, 0) is 10.8 Å². The molecule has 2 nitrogen and oxygen atoms in total. The van der Waals surface area contributed by atoms with Gasteiger partial charge in [-0.1, -0.05) is 224 Å². The van der Waals surface area contributed by atoms with Gasteiger partial charge >= 0.3 is 0 Å². The number of nitrogens with zero attached hydrogens (tertiary/aromatic N) is 1. The lowest BCUT2D eigenvalue weighted by Gasteiger charge is -2.40. The molecule has 16 rings (SSSR count). The molecule has 1 heterocycles. The van der Waals surface area contributed by atoms with E-state index in [4.69, 9.17) is 4.74 Å². The van der Waals surface area contributed by atoms with Gasteiger partial charge in [-0.2, -0.15) is 0 Å². The Kier molecular flexibility index (Phi) is 8.05. The Hall–Kier alpha value is -9.24. The molecule has 0 aromatic heterocycles. The fourth-order valence-electron chi connectivity index (χ4n) is 13.7. The monoisotopic (exact) mass is 913 g/mol. The Morgan fingerprint density at radius 3 is 1.14 bits per heavy atom. The lowest BCUT2D eigenvalue weighted by molar-refractivity contribution is 0.447. The van der Waals surface area contributed by atoms with E-state index >= 15 is 0 Å². The van der Waals surface area contributed by atoms with Gasteiger partial charge < -0.3 is 9.64 Å². The van der Waals surface area contributed by atoms with Gasteiger partial charge in [-0.15, -0.1) is 0 Å². The summed E-state index contributed by atoms with van der Waals surface area (Å²) < 4.78 is 7.35. The topological polar surface area (TPSA) is 12.5 Å². The SMILES string of the molecule is c1ccc(-c2cccc(N(c3ccc4c(c3)C3(c5ccccc5-c5ccccc53)c3ccccc3-4)c3ccc4c(c3)C3(c5ccccc5-4)c4ccc5ccccc5c4Oc4c3ccc3ccccc43)c2)cc1. The standard InChI is InChI=1S/C70H43NO/c1-2-17-44(18-3-1)47-21-16-22-48(41-47)71(49-35-37-57-55-27-10-14-31-61(55)69(65(57)42-49)59-29-12-8-25-53(59)54-26-9-13-30-60(54)69)50-36-38-58-56-28-11-15-32-62(56)70(66(58)43-50)63-39-33-45-19-4-6-23-51(45)67(63)72-68-52-24-7-5-20-46(52)34-40-64(68)70/h1-43H. The van der Waals surface area contributed by atoms with Crippen LogP contribution in [0.3, 0.4) is 0 Å². The van der Waals surface area contributed by atoms with Gasteiger partial charge in [0.1, 0.15) is 11.5 Å². The second-order valence-corrected chi connectivity index (χ2v) is 19.8. The Morgan fingerprint density at radius 1 is 0.250 bits per heavy atom. The van der Waals surface area contributed by atoms with E-state index in [1.165, 1.54) is 72.3 Å². The summed E-state index contributed by atoms with van der Waals surface area (Å²) in [6.45, 7) is 0. The Bertz CT molecular complexity index is 4130. The van der Waals surface area contributed by atoms with Crippen molar-refractivity contribution in [3.05, 3.63) is 305 Å². The molecule has 0 atom stereocenters. The van der Waals surface area contributed by atoms with Crippen LogP contribution in [0.15, 0.2) is 261 Å². The molecule has 72 heavy (non-hydrogen) atoms. The summed E-state index contributed by atoms with van der Waals surface area (Å²) in [5.74, 6) is 1.83. The molecule has 0 saturated heterocycles. The van der Waals surface area contributed by atoms with Crippen LogP contribution in [0.2, 0.25) is 0 Å². The van der Waals surface area contributed by atoms with Gasteiger partial charge in [0, 0.05) is 39.0 Å². The average Bonchev–Trinajstić information content (AvgIpc) is 4.03. The molecule has 0 saturated carbocycles. The van der Waals surface area contributed by atoms with E-state index < -0.39 is 10.8 Å². The number of hydrogen-bond acceptors (Lipinski definition) is 2. The highest BCUT2D eigenvalue weighted by atomic mass is 16.5. The highest BCUT2D eigenvalue weighted by molar-refractivity contribution is 6.01. The molecule has 3 aliphatic carbocycles. The molecule has 0 fully saturated rings. The second kappa shape index (κ2) is 14.6. The molecular formula is C70H43NO. The van der Waals surface area contributed by atoms with E-state index in [1.54, 1.807) is 0 Å². The Morgan fingerprint density at radius 2 is 0.639 bits per heavy atom. The minimum Gasteiger partial charge on any atom is -0.455 e. The second-order valence-electron chi connectivity index (χ2n) is 19.8. The number of fused-ring (bicyclic) bond motifs is 23. The van der Waals surface area contributed by atoms with Crippen molar-refractivity contribution < 1.29 is 4.74 Å². The largest absolute Gasteiger partial charge is 0.455 e. The predicted octanol–water partition coefficient (Wildman–Crippen LogP) is 17.9. The highest BCUT2D eigenvalue weighted by Gasteiger charge is 2.53. The molecule has 1 aliphatic heterocycles. The average molecular weight is 914 g/mol. The van der Waals surface area contributed by atoms with Gasteiger partial charge in [0.15, 0.2) is 0 Å². The van der Waals surface area contributed by atoms with Crippen molar-refractivity contribution in [2.24, 2.45) is 0 Å². The van der Waals surface area contributed by atoms with Crippen LogP contribution in [0.5, 0.6) is 11.5 Å². The van der Waals surface area contributed by atoms with E-state index in [0.29, 0.717) is 0 Å². The minimum atomic E-state index is -0.697. The van der Waals surface area contributed by atoms with Gasteiger partial charge in [-0.25, -0.2) is 0 Å². The van der Waals surface area contributed by atoms with E-state index in [2.05, 4.69) is 266 Å². The first-order valence-electron chi connectivity index (χ1n) is 25.1. The van der Waals surface area contributed by atoms with Crippen molar-refractivity contribution in [3.8, 4) is 56.0 Å². The van der Waals surface area contributed by atoms with Gasteiger partial charge in [0.25, 0.3) is 0 Å². The van der Waals surface area contributed by atoms with Crippen molar-refractivity contribution in [3.63, 3.8) is 0 Å². The summed E-state index contributed by atoms with van der Waals surface area (Å²) in [6, 6.07) is 97.3. The van der Waals surface area contributed by atoms with Crippen LogP contribution in [0.25, 0.3) is 66.1 Å². The number of hydrogen-bond donors (Lipinski definition) is 0. The summed E-state index contributed by atoms with van der Waals surface area (Å²) in [5, 5.41) is 4.53. The Balaban J connectivity index is 0.992. The zero-order valence-electron chi connectivity index (χ0n) is 39.2. The van der Waals surface area contributed by atoms with Crippen LogP contribution < -0.4 is 9.64 Å². The van der Waals surface area contributed by atoms with Crippen molar-refractivity contribution >= 4 is 38.6 Å². The first-order chi connectivity index (χ1) is 35.7. The zero-order valence-corrected chi connectivity index (χ0v) is 39.2. The van der Waals surface area contributed by atoms with Gasteiger partial charge in [0.2, 0.25) is 0 Å². The van der Waals surface area contributed by atoms with Crippen LogP contribution in [-0.4, -0.2) is 0 Å². The zero-order chi connectivity index (χ0) is 47.1. The Labute approximate surface area is 418 Å². The van der Waals surface area contributed by atoms with E-state index in [0.717, 1.165) is 66.8 Å². The quantitative estimate of drug-likeness (QED) is 0.174. The van der Waals surface area contributed by atoms with Crippen LogP contribution >= 0.6 is 0 Å². The third kappa shape index (κ3) is 5.08. The number of benzene rings is 12. The maximum absolute atomic E-state index is 7.35. The molecule has 0 amide bonds. The highest BCUT2D eigenvalue weighted by Crippen LogP contribution is 2.66. The summed E-state index contributed by atoms with van der Waals surface area (Å²) in [5.41, 5.74) is 22.2. The number of rotatable bonds is 4. The maximum atomic E-state index is 7.35. The molecule has 0 unspecified atom stereocenters. The van der Waals surface area contributed by atoms with Crippen molar-refractivity contribution in [1.29, 1.82) is 0 Å². The lowest BCUT2D eigenvalue weighted by atomic mass is 9.65. The van der Waals surface area contributed by atoms with E-state index in [1.807, 2.05) is 0 Å². The lowest BCUT2D eigenvalue weighted by Crippen LogP contribution is -2.32. The third-order valence-electron chi connectivity index (χ3n) is 16.5. The molecule has 334 valence electrons. The van der Waals surface area contributed by atoms with E-state index in [9.17, 15) is 0 Å². The maximum Gasteiger partial charge on any atom is 0.140 e. The molecule has 2 heteroatoms. The van der Waals surface area contributed by atoms with Crippen molar-refractivity contribution in [1.82, 2.24) is 0 Å². The molecule has 4 aliphatic rings. The van der Waals surface area contributed by atoms with Crippen molar-refractivity contribution in [2.75, 3.05) is 4.90 Å². The third-order valence-corrected chi connectivity index (χ3v) is 16.5. The molecule has 0 N–H and O–H groups in total. The van der Waals surface area contributed by atoms with Crippen LogP contribution in [0.1, 0.15) is 44.5 Å². The summed E-state index contributed by atoms with van der Waals surface area (Å²) >= 11 is 0. The summed E-state index contributed by atoms with van der Waals surface area (Å²) in [4.78, 5) is 2.51. The summed E-state index contributed by atoms with van der Waals surface area (Å²) in [7, 11) is 0. The minimum absolute atomic E-state index is 0.489. The molecular weight excluding hydrogens is 871 g/mol. The van der Waals surface area contributed by atoms with Crippen LogP contribution in [0.4, 0.5) is 17.1 Å². The molecule has 12 aromatic carbocycles. The molecule has 0 radical (unpaired) electrons. The van der Waals surface area contributed by atoms with Gasteiger partial charge in [-0.3, -0.25) is 0 Å². The molecule has 0 bridgehead atoms. The van der Waals surface area contributed by atoms with Gasteiger partial charge in [0.05, 0.1) is 10.8 Å². The van der Waals surface area contributed by atoms with Gasteiger partial charge in [-0.05, 0) is 125 Å². The number of ether oxygens (including phenoxy) is 1. The predicted molar refractivity (Wildman–Crippen MR) is 295 cm³/mol. The molecule has 2 spiro atoms. The fourth-order valence-corrected chi connectivity index (χ4v) is 13.7.